The fourth-order valence-electron chi connectivity index (χ4n) is 1.03. The largest absolute Gasteiger partial charge is 0.481 e. The molecule has 2 N–H and O–H groups in total. The Balaban J connectivity index is 3.97. The van der Waals surface area contributed by atoms with E-state index < -0.39 is 17.8 Å². The van der Waals surface area contributed by atoms with E-state index in [-0.39, 0.29) is 6.54 Å². The molecule has 4 heteroatoms. The van der Waals surface area contributed by atoms with E-state index in [1.165, 1.54) is 0 Å². The molecule has 78 valence electrons. The normalized spacial score (nSPS) is 11.0. The minimum Gasteiger partial charge on any atom is -0.481 e. The van der Waals surface area contributed by atoms with E-state index in [1.807, 2.05) is 6.92 Å². The highest BCUT2D eigenvalue weighted by Crippen LogP contribution is 2.04. The van der Waals surface area contributed by atoms with Crippen LogP contribution in [0, 0.1) is 17.8 Å². The van der Waals surface area contributed by atoms with Crippen LogP contribution in [0.2, 0.25) is 0 Å². The lowest BCUT2D eigenvalue weighted by molar-refractivity contribution is -0.141. The van der Waals surface area contributed by atoms with Gasteiger partial charge in [-0.05, 0) is 19.3 Å². The van der Waals surface area contributed by atoms with Gasteiger partial charge in [-0.1, -0.05) is 19.3 Å². The maximum atomic E-state index is 10.9. The maximum absolute atomic E-state index is 10.9. The fourth-order valence-corrected chi connectivity index (χ4v) is 1.03. The van der Waals surface area contributed by atoms with E-state index >= 15 is 0 Å². The third-order valence-corrected chi connectivity index (χ3v) is 1.73. The van der Waals surface area contributed by atoms with Gasteiger partial charge in [0.05, 0.1) is 5.92 Å². The zero-order valence-electron chi connectivity index (χ0n) is 8.46. The van der Waals surface area contributed by atoms with Crippen molar-refractivity contribution in [3.05, 3.63) is 0 Å². The number of nitrogens with one attached hydrogen (secondary N) is 1. The second kappa shape index (κ2) is 6.96. The molecule has 0 aromatic heterocycles. The van der Waals surface area contributed by atoms with Gasteiger partial charge in [0.1, 0.15) is 0 Å². The van der Waals surface area contributed by atoms with Crippen molar-refractivity contribution in [1.82, 2.24) is 5.32 Å². The van der Waals surface area contributed by atoms with Gasteiger partial charge in [-0.15, -0.1) is 0 Å². The van der Waals surface area contributed by atoms with Crippen LogP contribution in [0.15, 0.2) is 0 Å². The predicted octanol–water partition coefficient (Wildman–Crippen LogP) is 0.627. The Morgan fingerprint density at radius 3 is 2.57 bits per heavy atom. The number of aliphatic carboxylic acids is 1. The highest BCUT2D eigenvalue weighted by molar-refractivity contribution is 5.93. The molecule has 0 saturated heterocycles. The lowest BCUT2D eigenvalue weighted by atomic mass is 10.0. The van der Waals surface area contributed by atoms with Crippen molar-refractivity contribution < 1.29 is 14.7 Å². The van der Waals surface area contributed by atoms with Gasteiger partial charge in [0.2, 0.25) is 0 Å². The SMILES string of the molecule is CC#CC(=O)NCC(CCC)C(=O)O. The van der Waals surface area contributed by atoms with Crippen LogP contribution in [0.3, 0.4) is 0 Å². The van der Waals surface area contributed by atoms with Gasteiger partial charge in [-0.2, -0.15) is 0 Å². The molecule has 0 fully saturated rings. The van der Waals surface area contributed by atoms with Gasteiger partial charge in [0.15, 0.2) is 0 Å². The monoisotopic (exact) mass is 197 g/mol. The van der Waals surface area contributed by atoms with Crippen molar-refractivity contribution >= 4 is 11.9 Å². The average molecular weight is 197 g/mol. The molecule has 0 aromatic rings. The minimum absolute atomic E-state index is 0.149. The van der Waals surface area contributed by atoms with Crippen LogP contribution in [0.5, 0.6) is 0 Å². The summed E-state index contributed by atoms with van der Waals surface area (Å²) in [6.45, 7) is 3.61. The highest BCUT2D eigenvalue weighted by atomic mass is 16.4. The lowest BCUT2D eigenvalue weighted by Crippen LogP contribution is -2.32. The van der Waals surface area contributed by atoms with Crippen LogP contribution >= 0.6 is 0 Å². The molecular weight excluding hydrogens is 182 g/mol. The molecule has 1 amide bonds. The molecule has 4 nitrogen and oxygen atoms in total. The Morgan fingerprint density at radius 2 is 2.14 bits per heavy atom. The smallest absolute Gasteiger partial charge is 0.308 e. The van der Waals surface area contributed by atoms with Crippen LogP contribution in [0.1, 0.15) is 26.7 Å². The van der Waals surface area contributed by atoms with Crippen LogP contribution in [-0.4, -0.2) is 23.5 Å². The lowest BCUT2D eigenvalue weighted by Gasteiger charge is -2.10. The average Bonchev–Trinajstić information content (AvgIpc) is 2.12. The van der Waals surface area contributed by atoms with Crippen LogP contribution in [0.25, 0.3) is 0 Å². The third kappa shape index (κ3) is 5.20. The first-order valence-corrected chi connectivity index (χ1v) is 4.55. The van der Waals surface area contributed by atoms with Gasteiger partial charge in [-0.25, -0.2) is 0 Å². The second-order valence-corrected chi connectivity index (χ2v) is 2.91. The number of carboxylic acids is 1. The molecule has 14 heavy (non-hydrogen) atoms. The van der Waals surface area contributed by atoms with Crippen LogP contribution < -0.4 is 5.32 Å². The number of amides is 1. The van der Waals surface area contributed by atoms with Crippen molar-refractivity contribution in [2.75, 3.05) is 6.54 Å². The summed E-state index contributed by atoms with van der Waals surface area (Å²) in [7, 11) is 0. The fraction of sp³-hybridized carbons (Fsp3) is 0.600. The molecule has 0 aliphatic heterocycles. The van der Waals surface area contributed by atoms with E-state index in [0.717, 1.165) is 6.42 Å². The number of rotatable bonds is 5. The van der Waals surface area contributed by atoms with Crippen molar-refractivity contribution in [3.8, 4) is 11.8 Å². The quantitative estimate of drug-likeness (QED) is 0.635. The Kier molecular flexibility index (Phi) is 6.21. The summed E-state index contributed by atoms with van der Waals surface area (Å²) in [6, 6.07) is 0. The summed E-state index contributed by atoms with van der Waals surface area (Å²) in [5.41, 5.74) is 0. The van der Waals surface area contributed by atoms with E-state index in [2.05, 4.69) is 17.2 Å². The zero-order valence-corrected chi connectivity index (χ0v) is 8.46. The first-order chi connectivity index (χ1) is 6.61. The van der Waals surface area contributed by atoms with E-state index in [9.17, 15) is 9.59 Å². The molecule has 1 unspecified atom stereocenters. The number of carbonyl (C=O) groups excluding carboxylic acids is 1. The molecule has 0 bridgehead atoms. The van der Waals surface area contributed by atoms with Gasteiger partial charge in [0.25, 0.3) is 5.91 Å². The van der Waals surface area contributed by atoms with Gasteiger partial charge >= 0.3 is 5.97 Å². The first kappa shape index (κ1) is 12.5. The standard InChI is InChI=1S/C10H15NO3/c1-3-5-8(10(13)14)7-11-9(12)6-4-2/h8H,3,5,7H2,1-2H3,(H,11,12)(H,13,14). The molecule has 0 aromatic carbocycles. The van der Waals surface area contributed by atoms with E-state index in [1.54, 1.807) is 6.92 Å². The second-order valence-electron chi connectivity index (χ2n) is 2.91. The Morgan fingerprint density at radius 1 is 1.50 bits per heavy atom. The Hall–Kier alpha value is -1.50. The van der Waals surface area contributed by atoms with Crippen molar-refractivity contribution in [2.24, 2.45) is 5.92 Å². The van der Waals surface area contributed by atoms with E-state index in [4.69, 9.17) is 5.11 Å². The molecular formula is C10H15NO3. The molecule has 0 saturated carbocycles. The number of carboxylic acid groups (broad SMARTS) is 1. The zero-order chi connectivity index (χ0) is 11.0. The summed E-state index contributed by atoms with van der Waals surface area (Å²) in [6.07, 6.45) is 1.35. The maximum Gasteiger partial charge on any atom is 0.308 e. The van der Waals surface area contributed by atoms with Crippen LogP contribution in [-0.2, 0) is 9.59 Å². The van der Waals surface area contributed by atoms with Crippen LogP contribution in [0.4, 0.5) is 0 Å². The summed E-state index contributed by atoms with van der Waals surface area (Å²) < 4.78 is 0. The number of carbonyl (C=O) groups is 2. The Labute approximate surface area is 83.7 Å². The number of hydrogen-bond donors (Lipinski definition) is 2. The van der Waals surface area contributed by atoms with Crippen molar-refractivity contribution in [1.29, 1.82) is 0 Å². The Bertz CT molecular complexity index is 262. The topological polar surface area (TPSA) is 66.4 Å². The van der Waals surface area contributed by atoms with E-state index in [0.29, 0.717) is 6.42 Å². The minimum atomic E-state index is -0.878. The highest BCUT2D eigenvalue weighted by Gasteiger charge is 2.16. The van der Waals surface area contributed by atoms with Crippen molar-refractivity contribution in [3.63, 3.8) is 0 Å². The van der Waals surface area contributed by atoms with Crippen molar-refractivity contribution in [2.45, 2.75) is 26.7 Å². The molecule has 0 aliphatic rings. The molecule has 0 aliphatic carbocycles. The van der Waals surface area contributed by atoms with Gasteiger partial charge in [-0.3, -0.25) is 9.59 Å². The number of hydrogen-bond acceptors (Lipinski definition) is 2. The molecule has 0 radical (unpaired) electrons. The van der Waals surface area contributed by atoms with Gasteiger partial charge in [0, 0.05) is 6.54 Å². The molecule has 0 rings (SSSR count). The summed E-state index contributed by atoms with van der Waals surface area (Å²) in [4.78, 5) is 21.6. The third-order valence-electron chi connectivity index (χ3n) is 1.73. The summed E-state index contributed by atoms with van der Waals surface area (Å²) in [5, 5.41) is 11.2. The molecule has 0 heterocycles. The molecule has 1 atom stereocenters. The molecule has 0 spiro atoms. The summed E-state index contributed by atoms with van der Waals surface area (Å²) in [5.74, 6) is 2.92. The first-order valence-electron chi connectivity index (χ1n) is 4.55. The predicted molar refractivity (Wildman–Crippen MR) is 52.5 cm³/mol. The summed E-state index contributed by atoms with van der Waals surface area (Å²) >= 11 is 0. The van der Waals surface area contributed by atoms with Gasteiger partial charge < -0.3 is 10.4 Å².